The van der Waals surface area contributed by atoms with E-state index in [9.17, 15) is 0 Å². The average Bonchev–Trinajstić information content (AvgIpc) is 1.41. The molecule has 0 aromatic heterocycles. The Balaban J connectivity index is -0.0000000267. The molecule has 0 heterocycles. The molecule has 4 N–H and O–H groups in total. The largest absolute Gasteiger partial charge is 0.412 e. The summed E-state index contributed by atoms with van der Waals surface area (Å²) < 4.78 is 21.8. The molecular formula is CH8O5P2. The molecule has 0 rings (SSSR count). The van der Waals surface area contributed by atoms with Gasteiger partial charge in [-0.25, -0.2) is 9.13 Å². The van der Waals surface area contributed by atoms with Crippen LogP contribution in [-0.2, 0) is 13.4 Å². The minimum Gasteiger partial charge on any atom is -0.412 e. The van der Waals surface area contributed by atoms with Gasteiger partial charge in [-0.3, -0.25) is 0 Å². The van der Waals surface area contributed by atoms with Crippen molar-refractivity contribution in [1.29, 1.82) is 0 Å². The zero-order valence-corrected chi connectivity index (χ0v) is 4.91. The second-order valence-corrected chi connectivity index (χ2v) is 1.18. The number of hydrogen-bond acceptors (Lipinski definition) is 3. The van der Waals surface area contributed by atoms with Crippen LogP contribution in [0.2, 0.25) is 0 Å². The van der Waals surface area contributed by atoms with Crippen LogP contribution in [0.15, 0.2) is 0 Å². The summed E-state index contributed by atoms with van der Waals surface area (Å²) in [5, 5.41) is 0. The average molecular weight is 162 g/mol. The van der Waals surface area contributed by atoms with Crippen molar-refractivity contribution in [3.8, 4) is 0 Å². The molecule has 0 aromatic rings. The Morgan fingerprint density at radius 2 is 1.25 bits per heavy atom. The van der Waals surface area contributed by atoms with Gasteiger partial charge in [0.2, 0.25) is 0 Å². The predicted molar refractivity (Wildman–Crippen MR) is 30.3 cm³/mol. The Morgan fingerprint density at radius 3 is 1.25 bits per heavy atom. The lowest BCUT2D eigenvalue weighted by molar-refractivity contribution is 0.516. The maximum atomic E-state index is 9.07. The molecule has 0 aromatic carbocycles. The Bertz CT molecular complexity index is 39.7. The van der Waals surface area contributed by atoms with Crippen LogP contribution in [0.4, 0.5) is 0 Å². The van der Waals surface area contributed by atoms with Gasteiger partial charge >= 0.3 is 17.4 Å². The van der Waals surface area contributed by atoms with E-state index in [1.165, 1.54) is 0 Å². The summed E-state index contributed by atoms with van der Waals surface area (Å²) in [5.74, 6) is 0. The molecule has 0 aliphatic carbocycles. The maximum absolute atomic E-state index is 9.07. The van der Waals surface area contributed by atoms with Crippen LogP contribution in [0.3, 0.4) is 0 Å². The smallest absolute Gasteiger partial charge is 0.339 e. The number of rotatable bonds is 2. The Labute approximate surface area is 50.2 Å². The molecule has 0 fully saturated rings. The Kier molecular flexibility index (Phi) is 83.9. The fraction of sp³-hybridized carbons (Fsp3) is 1.00. The van der Waals surface area contributed by atoms with Crippen molar-refractivity contribution in [2.45, 2.75) is 7.43 Å². The first-order valence-electron chi connectivity index (χ1n) is 0.730. The molecule has 0 unspecified atom stereocenters. The third-order valence-corrected chi connectivity index (χ3v) is 0.600. The second kappa shape index (κ2) is 27.6. The molecule has 7 heteroatoms. The van der Waals surface area contributed by atoms with E-state index in [1.807, 2.05) is 0 Å². The van der Waals surface area contributed by atoms with Crippen molar-refractivity contribution in [1.82, 2.24) is 0 Å². The number of hydrogen-bond donors (Lipinski definition) is 0. The van der Waals surface area contributed by atoms with Gasteiger partial charge in [0.25, 0.3) is 0 Å². The van der Waals surface area contributed by atoms with E-state index >= 15 is 0 Å². The molecule has 0 atom stereocenters. The molecule has 52 valence electrons. The van der Waals surface area contributed by atoms with E-state index in [4.69, 9.17) is 9.13 Å². The van der Waals surface area contributed by atoms with Gasteiger partial charge in [0.15, 0.2) is 0 Å². The summed E-state index contributed by atoms with van der Waals surface area (Å²) in [4.78, 5) is 0. The first-order chi connectivity index (χ1) is 2.41. The van der Waals surface area contributed by atoms with Crippen molar-refractivity contribution in [2.24, 2.45) is 0 Å². The van der Waals surface area contributed by atoms with Gasteiger partial charge in [-0.2, -0.15) is 4.31 Å². The summed E-state index contributed by atoms with van der Waals surface area (Å²) in [6, 6.07) is 0. The van der Waals surface area contributed by atoms with Gasteiger partial charge < -0.3 is 11.0 Å². The van der Waals surface area contributed by atoms with Crippen LogP contribution in [-0.4, -0.2) is 11.0 Å². The van der Waals surface area contributed by atoms with E-state index < -0.39 is 17.4 Å². The second-order valence-electron chi connectivity index (χ2n) is 0.231. The van der Waals surface area contributed by atoms with E-state index in [2.05, 4.69) is 4.31 Å². The normalized spacial score (nSPS) is 6.00. The van der Waals surface area contributed by atoms with E-state index in [0.717, 1.165) is 0 Å². The van der Waals surface area contributed by atoms with Gasteiger partial charge in [0, 0.05) is 0 Å². The van der Waals surface area contributed by atoms with Crippen LogP contribution in [0.25, 0.3) is 0 Å². The molecule has 0 spiro atoms. The molecular weight excluding hydrogens is 154 g/mol. The molecule has 0 saturated heterocycles. The lowest BCUT2D eigenvalue weighted by Gasteiger charge is -1.54. The zero-order chi connectivity index (χ0) is 4.12. The third-order valence-electron chi connectivity index (χ3n) is 0.0667. The standard InChI is InChI=1S/CH4.O3P2.2H2O/c;1-4-3-5-2;;/h1H4;;2*1H2. The molecule has 0 saturated carbocycles. The van der Waals surface area contributed by atoms with E-state index in [0.29, 0.717) is 0 Å². The fourth-order valence-corrected chi connectivity index (χ4v) is 0.122. The molecule has 0 aliphatic heterocycles. The molecule has 0 bridgehead atoms. The Morgan fingerprint density at radius 1 is 1.00 bits per heavy atom. The van der Waals surface area contributed by atoms with Crippen molar-refractivity contribution >= 4 is 17.4 Å². The van der Waals surface area contributed by atoms with Crippen LogP contribution < -0.4 is 0 Å². The fourth-order valence-electron chi connectivity index (χ4n) is 0.0136. The summed E-state index contributed by atoms with van der Waals surface area (Å²) in [6.45, 7) is 0. The maximum Gasteiger partial charge on any atom is 0.339 e. The molecule has 8 heavy (non-hydrogen) atoms. The lowest BCUT2D eigenvalue weighted by atomic mass is 12.0. The minimum atomic E-state index is -0.545. The first-order valence-corrected chi connectivity index (χ1v) is 2.19. The van der Waals surface area contributed by atoms with Gasteiger partial charge in [0.1, 0.15) is 0 Å². The molecule has 0 radical (unpaired) electrons. The van der Waals surface area contributed by atoms with Gasteiger partial charge in [-0.15, -0.1) is 0 Å². The monoisotopic (exact) mass is 162 g/mol. The van der Waals surface area contributed by atoms with Gasteiger partial charge in [-0.05, 0) is 0 Å². The van der Waals surface area contributed by atoms with Crippen LogP contribution in [0, 0.1) is 0 Å². The van der Waals surface area contributed by atoms with Crippen LogP contribution >= 0.6 is 17.4 Å². The molecule has 5 nitrogen and oxygen atoms in total. The van der Waals surface area contributed by atoms with Crippen molar-refractivity contribution in [2.75, 3.05) is 0 Å². The van der Waals surface area contributed by atoms with Crippen LogP contribution in [0.5, 0.6) is 0 Å². The molecule has 0 aliphatic rings. The SMILES string of the molecule is C.O.O.O=POP=O. The van der Waals surface area contributed by atoms with E-state index in [1.54, 1.807) is 0 Å². The van der Waals surface area contributed by atoms with Crippen molar-refractivity contribution in [3.05, 3.63) is 0 Å². The minimum absolute atomic E-state index is 0. The summed E-state index contributed by atoms with van der Waals surface area (Å²) in [6.07, 6.45) is 0. The van der Waals surface area contributed by atoms with Crippen LogP contribution in [0.1, 0.15) is 7.43 Å². The topological polar surface area (TPSA) is 106 Å². The Hall–Kier alpha value is 0.0800. The summed E-state index contributed by atoms with van der Waals surface area (Å²) >= 11 is 0. The molecule has 0 amide bonds. The predicted octanol–water partition coefficient (Wildman–Crippen LogP) is 0.403. The van der Waals surface area contributed by atoms with Crippen molar-refractivity contribution in [3.63, 3.8) is 0 Å². The van der Waals surface area contributed by atoms with Gasteiger partial charge in [-0.1, -0.05) is 7.43 Å². The summed E-state index contributed by atoms with van der Waals surface area (Å²) in [7, 11) is -1.09. The highest BCUT2D eigenvalue weighted by Gasteiger charge is 1.67. The highest BCUT2D eigenvalue weighted by molar-refractivity contribution is 7.32. The highest BCUT2D eigenvalue weighted by atomic mass is 31.1. The third kappa shape index (κ3) is 36.3. The zero-order valence-electron chi connectivity index (χ0n) is 3.12. The highest BCUT2D eigenvalue weighted by Crippen LogP contribution is 2.04. The van der Waals surface area contributed by atoms with Gasteiger partial charge in [0.05, 0.1) is 0 Å². The summed E-state index contributed by atoms with van der Waals surface area (Å²) in [5.41, 5.74) is 0. The quantitative estimate of drug-likeness (QED) is 0.548. The first kappa shape index (κ1) is 24.3. The lowest BCUT2D eigenvalue weighted by Crippen LogP contribution is -1.26. The van der Waals surface area contributed by atoms with Crippen molar-refractivity contribution < 1.29 is 24.4 Å². The van der Waals surface area contributed by atoms with E-state index in [-0.39, 0.29) is 18.4 Å².